The van der Waals surface area contributed by atoms with Crippen LogP contribution in [0, 0.1) is 12.3 Å². The molecule has 15 heavy (non-hydrogen) atoms. The molecule has 2 nitrogen and oxygen atoms in total. The highest BCUT2D eigenvalue weighted by Gasteiger charge is 2.18. The molecule has 1 fully saturated rings. The summed E-state index contributed by atoms with van der Waals surface area (Å²) in [6.07, 6.45) is 5.98. The molecule has 0 atom stereocenters. The minimum atomic E-state index is -0.469. The lowest BCUT2D eigenvalue weighted by atomic mass is 9.81. The first-order valence-corrected chi connectivity index (χ1v) is 5.49. The van der Waals surface area contributed by atoms with E-state index in [1.165, 1.54) is 19.3 Å². The van der Waals surface area contributed by atoms with Crippen LogP contribution in [0.15, 0.2) is 18.2 Å². The zero-order valence-corrected chi connectivity index (χ0v) is 9.13. The number of benzene rings is 1. The molecule has 1 aliphatic rings. The Labute approximate surface area is 94.4 Å². The molecule has 0 bridgehead atoms. The molecule has 0 aromatic heterocycles. The van der Waals surface area contributed by atoms with Crippen LogP contribution in [-0.4, -0.2) is 5.91 Å². The normalized spacial score (nSPS) is 16.1. The van der Waals surface area contributed by atoms with Crippen LogP contribution in [-0.2, 0) is 0 Å². The topological polar surface area (TPSA) is 43.1 Å². The molecule has 2 rings (SSSR count). The Hall–Kier alpha value is -1.02. The van der Waals surface area contributed by atoms with Crippen LogP contribution in [0.3, 0.4) is 0 Å². The minimum Gasteiger partial charge on any atom is -0.366 e. The second-order valence-electron chi connectivity index (χ2n) is 3.96. The van der Waals surface area contributed by atoms with Crippen molar-refractivity contribution < 1.29 is 4.79 Å². The molecule has 0 heterocycles. The number of rotatable bonds is 3. The molecule has 1 aromatic rings. The molecular weight excluding hydrogens is 210 g/mol. The molecular formula is C12H13ClNO. The molecule has 1 saturated carbocycles. The van der Waals surface area contributed by atoms with Crippen LogP contribution < -0.4 is 5.73 Å². The van der Waals surface area contributed by atoms with Gasteiger partial charge in [0.05, 0.1) is 10.6 Å². The number of hydrogen-bond acceptors (Lipinski definition) is 1. The third kappa shape index (κ3) is 2.32. The molecule has 3 heteroatoms. The largest absolute Gasteiger partial charge is 0.366 e. The highest BCUT2D eigenvalue weighted by Crippen LogP contribution is 2.32. The van der Waals surface area contributed by atoms with Gasteiger partial charge >= 0.3 is 0 Å². The Morgan fingerprint density at radius 3 is 2.73 bits per heavy atom. The van der Waals surface area contributed by atoms with Crippen LogP contribution in [0.4, 0.5) is 0 Å². The fraction of sp³-hybridized carbons (Fsp3) is 0.333. The van der Waals surface area contributed by atoms with Crippen molar-refractivity contribution in [2.45, 2.75) is 19.3 Å². The van der Waals surface area contributed by atoms with Gasteiger partial charge < -0.3 is 5.73 Å². The second kappa shape index (κ2) is 4.23. The number of carbonyl (C=O) groups is 1. The maximum atomic E-state index is 11.1. The third-order valence-electron chi connectivity index (χ3n) is 2.83. The lowest BCUT2D eigenvalue weighted by Gasteiger charge is -2.25. The fourth-order valence-corrected chi connectivity index (χ4v) is 1.92. The summed E-state index contributed by atoms with van der Waals surface area (Å²) < 4.78 is 0. The average molecular weight is 223 g/mol. The minimum absolute atomic E-state index is 0.407. The van der Waals surface area contributed by atoms with Gasteiger partial charge in [0.15, 0.2) is 0 Å². The summed E-state index contributed by atoms with van der Waals surface area (Å²) >= 11 is 5.86. The number of nitrogens with two attached hydrogens (primary N) is 1. The Kier molecular flexibility index (Phi) is 2.96. The second-order valence-corrected chi connectivity index (χ2v) is 4.37. The van der Waals surface area contributed by atoms with Crippen LogP contribution in [0.1, 0.15) is 35.2 Å². The van der Waals surface area contributed by atoms with Crippen LogP contribution in [0.2, 0.25) is 5.02 Å². The van der Waals surface area contributed by atoms with Crippen molar-refractivity contribution in [3.05, 3.63) is 40.8 Å². The van der Waals surface area contributed by atoms with Gasteiger partial charge in [-0.25, -0.2) is 0 Å². The van der Waals surface area contributed by atoms with Crippen molar-refractivity contribution in [2.75, 3.05) is 0 Å². The number of primary amides is 1. The summed E-state index contributed by atoms with van der Waals surface area (Å²) in [4.78, 5) is 11.1. The zero-order chi connectivity index (χ0) is 10.8. The van der Waals surface area contributed by atoms with Crippen LogP contribution >= 0.6 is 11.6 Å². The summed E-state index contributed by atoms with van der Waals surface area (Å²) in [6.45, 7) is 0. The molecule has 79 valence electrons. The van der Waals surface area contributed by atoms with E-state index in [0.717, 1.165) is 5.56 Å². The van der Waals surface area contributed by atoms with Gasteiger partial charge in [0.1, 0.15) is 0 Å². The number of carbonyl (C=O) groups excluding carboxylic acids is 1. The Balaban J connectivity index is 2.17. The fourth-order valence-electron chi connectivity index (χ4n) is 1.71. The van der Waals surface area contributed by atoms with E-state index < -0.39 is 5.91 Å². The lowest BCUT2D eigenvalue weighted by molar-refractivity contribution is 0.100. The third-order valence-corrected chi connectivity index (χ3v) is 3.16. The first kappa shape index (κ1) is 10.5. The van der Waals surface area contributed by atoms with Gasteiger partial charge in [0.25, 0.3) is 0 Å². The van der Waals surface area contributed by atoms with Gasteiger partial charge in [-0.15, -0.1) is 0 Å². The summed E-state index contributed by atoms with van der Waals surface area (Å²) in [5, 5.41) is 0.424. The molecule has 0 spiro atoms. The zero-order valence-electron chi connectivity index (χ0n) is 8.37. The maximum absolute atomic E-state index is 11.1. The van der Waals surface area contributed by atoms with E-state index in [1.54, 1.807) is 12.1 Å². The standard InChI is InChI=1S/C12H13ClNO/c13-11-5-4-9(6-8-2-1-3-8)7-10(11)12(14)15/h4-8H,1-3H2,(H2,14,15). The molecule has 1 aliphatic carbocycles. The molecule has 0 aliphatic heterocycles. The molecule has 0 saturated heterocycles. The number of hydrogen-bond donors (Lipinski definition) is 1. The van der Waals surface area contributed by atoms with E-state index in [9.17, 15) is 4.79 Å². The lowest BCUT2D eigenvalue weighted by Crippen LogP contribution is -2.14. The molecule has 2 N–H and O–H groups in total. The summed E-state index contributed by atoms with van der Waals surface area (Å²) in [5.74, 6) is 0.191. The SMILES string of the molecule is NC(=O)c1cc([CH]C2CCC2)ccc1Cl. The highest BCUT2D eigenvalue weighted by atomic mass is 35.5. The molecule has 1 aromatic carbocycles. The maximum Gasteiger partial charge on any atom is 0.250 e. The van der Waals surface area contributed by atoms with E-state index in [1.807, 2.05) is 6.07 Å². The Morgan fingerprint density at radius 1 is 1.47 bits per heavy atom. The monoisotopic (exact) mass is 222 g/mol. The van der Waals surface area contributed by atoms with Crippen molar-refractivity contribution >= 4 is 17.5 Å². The number of halogens is 1. The van der Waals surface area contributed by atoms with Gasteiger partial charge in [-0.05, 0) is 42.9 Å². The van der Waals surface area contributed by atoms with Gasteiger partial charge in [0.2, 0.25) is 5.91 Å². The molecule has 0 unspecified atom stereocenters. The van der Waals surface area contributed by atoms with Crippen molar-refractivity contribution in [1.82, 2.24) is 0 Å². The summed E-state index contributed by atoms with van der Waals surface area (Å²) in [7, 11) is 0. The highest BCUT2D eigenvalue weighted by molar-refractivity contribution is 6.33. The summed E-state index contributed by atoms with van der Waals surface area (Å²) in [6, 6.07) is 5.42. The van der Waals surface area contributed by atoms with Crippen LogP contribution in [0.25, 0.3) is 0 Å². The average Bonchev–Trinajstić information content (AvgIpc) is 2.13. The van der Waals surface area contributed by atoms with E-state index >= 15 is 0 Å². The first-order valence-electron chi connectivity index (χ1n) is 5.11. The number of amides is 1. The smallest absolute Gasteiger partial charge is 0.250 e. The quantitative estimate of drug-likeness (QED) is 0.840. The van der Waals surface area contributed by atoms with Crippen molar-refractivity contribution in [3.63, 3.8) is 0 Å². The Bertz CT molecular complexity index is 385. The van der Waals surface area contributed by atoms with Gasteiger partial charge in [-0.3, -0.25) is 4.79 Å². The van der Waals surface area contributed by atoms with Crippen molar-refractivity contribution in [1.29, 1.82) is 0 Å². The van der Waals surface area contributed by atoms with Crippen LogP contribution in [0.5, 0.6) is 0 Å². The van der Waals surface area contributed by atoms with E-state index in [2.05, 4.69) is 6.42 Å². The van der Waals surface area contributed by atoms with Gasteiger partial charge in [-0.1, -0.05) is 24.1 Å². The van der Waals surface area contributed by atoms with E-state index in [4.69, 9.17) is 17.3 Å². The first-order chi connectivity index (χ1) is 7.16. The predicted molar refractivity (Wildman–Crippen MR) is 60.7 cm³/mol. The van der Waals surface area contributed by atoms with Gasteiger partial charge in [-0.2, -0.15) is 0 Å². The molecule has 1 amide bonds. The van der Waals surface area contributed by atoms with E-state index in [0.29, 0.717) is 16.5 Å². The molecule has 1 radical (unpaired) electrons. The van der Waals surface area contributed by atoms with E-state index in [-0.39, 0.29) is 0 Å². The predicted octanol–water partition coefficient (Wildman–Crippen LogP) is 2.79. The Morgan fingerprint density at radius 2 is 2.20 bits per heavy atom. The van der Waals surface area contributed by atoms with Crippen molar-refractivity contribution in [2.24, 2.45) is 11.7 Å². The summed E-state index contributed by atoms with van der Waals surface area (Å²) in [5.41, 5.74) is 6.67. The van der Waals surface area contributed by atoms with Crippen molar-refractivity contribution in [3.8, 4) is 0 Å². The van der Waals surface area contributed by atoms with Gasteiger partial charge in [0, 0.05) is 0 Å².